The van der Waals surface area contributed by atoms with Crippen molar-refractivity contribution >= 4 is 11.6 Å². The van der Waals surface area contributed by atoms with Crippen molar-refractivity contribution in [3.05, 3.63) is 83.9 Å². The zero-order valence-electron chi connectivity index (χ0n) is 20.5. The van der Waals surface area contributed by atoms with Crippen LogP contribution in [0.2, 0.25) is 0 Å². The van der Waals surface area contributed by atoms with E-state index in [2.05, 4.69) is 88.2 Å². The average molecular weight is 460 g/mol. The minimum atomic E-state index is 0.192. The third-order valence-corrected chi connectivity index (χ3v) is 6.46. The monoisotopic (exact) mass is 459 g/mol. The van der Waals surface area contributed by atoms with Gasteiger partial charge in [0.05, 0.1) is 0 Å². The summed E-state index contributed by atoms with van der Waals surface area (Å²) >= 11 is 0. The predicted molar refractivity (Wildman–Crippen MR) is 138 cm³/mol. The summed E-state index contributed by atoms with van der Waals surface area (Å²) in [5, 5.41) is 3.60. The van der Waals surface area contributed by atoms with Gasteiger partial charge in [0.1, 0.15) is 5.82 Å². The molecular formula is C28H37N5O. The molecule has 0 atom stereocenters. The largest absolute Gasteiger partial charge is 0.385 e. The van der Waals surface area contributed by atoms with E-state index >= 15 is 0 Å². The Morgan fingerprint density at radius 2 is 1.82 bits per heavy atom. The molecule has 0 bridgehead atoms. The number of hydrogen-bond acceptors (Lipinski definition) is 4. The highest BCUT2D eigenvalue weighted by atomic mass is 16.2. The number of aryl methyl sites for hydroxylation is 1. The third-order valence-electron chi connectivity index (χ3n) is 6.46. The Labute approximate surface area is 203 Å². The number of benzene rings is 2. The summed E-state index contributed by atoms with van der Waals surface area (Å²) in [4.78, 5) is 22.4. The maximum atomic E-state index is 13.5. The second kappa shape index (κ2) is 11.8. The van der Waals surface area contributed by atoms with E-state index in [1.54, 1.807) is 0 Å². The number of hydrogen-bond donors (Lipinski definition) is 1. The molecule has 1 aliphatic heterocycles. The number of nitrogens with zero attached hydrogens (tertiary/aromatic N) is 4. The molecule has 2 aromatic carbocycles. The van der Waals surface area contributed by atoms with Crippen LogP contribution in [0.1, 0.15) is 49.6 Å². The van der Waals surface area contributed by atoms with Gasteiger partial charge in [-0.1, -0.05) is 62.4 Å². The van der Waals surface area contributed by atoms with Gasteiger partial charge in [-0.25, -0.2) is 4.98 Å². The number of carbonyl (C=O) groups excluding carboxylic acids is 1. The van der Waals surface area contributed by atoms with Crippen molar-refractivity contribution < 1.29 is 4.79 Å². The highest BCUT2D eigenvalue weighted by Crippen LogP contribution is 2.20. The minimum Gasteiger partial charge on any atom is -0.385 e. The Bertz CT molecular complexity index is 1050. The Hall–Kier alpha value is -3.12. The zero-order valence-corrected chi connectivity index (χ0v) is 20.5. The first kappa shape index (κ1) is 24.0. The summed E-state index contributed by atoms with van der Waals surface area (Å²) in [5.74, 6) is 1.57. The van der Waals surface area contributed by atoms with Gasteiger partial charge in [0.25, 0.3) is 0 Å². The highest BCUT2D eigenvalue weighted by Gasteiger charge is 2.19. The fourth-order valence-corrected chi connectivity index (χ4v) is 4.61. The predicted octanol–water partition coefficient (Wildman–Crippen LogP) is 4.74. The van der Waals surface area contributed by atoms with E-state index < -0.39 is 0 Å². The van der Waals surface area contributed by atoms with Crippen molar-refractivity contribution in [1.82, 2.24) is 19.4 Å². The van der Waals surface area contributed by atoms with Crippen molar-refractivity contribution in [1.29, 1.82) is 0 Å². The molecule has 34 heavy (non-hydrogen) atoms. The number of nitrogens with one attached hydrogen (secondary N) is 1. The molecule has 0 radical (unpaired) electrons. The number of para-hydroxylation sites is 1. The Morgan fingerprint density at radius 1 is 1.03 bits per heavy atom. The number of amides is 1. The molecule has 0 saturated heterocycles. The number of imidazole rings is 1. The maximum Gasteiger partial charge on any atom is 0.224 e. The molecule has 1 aliphatic rings. The highest BCUT2D eigenvalue weighted by molar-refractivity contribution is 5.76. The quantitative estimate of drug-likeness (QED) is 0.578. The minimum absolute atomic E-state index is 0.192. The SMILES string of the molecule is CC(C)c1nccn1CCC(=O)N1CCN(Cc2ccccc2)CCCNc2ccccc2C1. The lowest BCUT2D eigenvalue weighted by Crippen LogP contribution is -2.38. The van der Waals surface area contributed by atoms with Crippen molar-refractivity contribution in [2.24, 2.45) is 0 Å². The molecule has 0 fully saturated rings. The first-order valence-electron chi connectivity index (χ1n) is 12.5. The fourth-order valence-electron chi connectivity index (χ4n) is 4.61. The molecule has 0 saturated carbocycles. The van der Waals surface area contributed by atoms with Gasteiger partial charge in [0.2, 0.25) is 5.91 Å². The van der Waals surface area contributed by atoms with Crippen LogP contribution in [0.15, 0.2) is 67.0 Å². The van der Waals surface area contributed by atoms with Crippen LogP contribution in [0.4, 0.5) is 5.69 Å². The molecule has 1 amide bonds. The second-order valence-electron chi connectivity index (χ2n) is 9.40. The van der Waals surface area contributed by atoms with Crippen LogP contribution in [-0.2, 0) is 24.4 Å². The summed E-state index contributed by atoms with van der Waals surface area (Å²) < 4.78 is 2.12. The number of carbonyl (C=O) groups is 1. The van der Waals surface area contributed by atoms with Gasteiger partial charge in [-0.3, -0.25) is 9.69 Å². The Balaban J connectivity index is 1.48. The van der Waals surface area contributed by atoms with Crippen LogP contribution in [-0.4, -0.2) is 51.4 Å². The molecule has 0 spiro atoms. The van der Waals surface area contributed by atoms with Gasteiger partial charge in [-0.15, -0.1) is 0 Å². The van der Waals surface area contributed by atoms with Crippen LogP contribution >= 0.6 is 0 Å². The molecule has 1 aromatic heterocycles. The number of anilines is 1. The van der Waals surface area contributed by atoms with E-state index in [-0.39, 0.29) is 5.91 Å². The third kappa shape index (κ3) is 6.48. The van der Waals surface area contributed by atoms with E-state index in [0.717, 1.165) is 50.7 Å². The lowest BCUT2D eigenvalue weighted by Gasteiger charge is -2.28. The van der Waals surface area contributed by atoms with Crippen LogP contribution in [0.25, 0.3) is 0 Å². The molecule has 6 nitrogen and oxygen atoms in total. The number of aromatic nitrogens is 2. The standard InChI is InChI=1S/C28H37N5O/c1-23(2)28-30-15-18-32(28)17-13-27(34)33-20-19-31(21-24-9-4-3-5-10-24)16-8-14-29-26-12-7-6-11-25(26)22-33/h3-7,9-12,15,18,23,29H,8,13-14,16-17,19-22H2,1-2H3. The molecule has 4 rings (SSSR count). The normalized spacial score (nSPS) is 15.4. The van der Waals surface area contributed by atoms with Gasteiger partial charge in [-0.05, 0) is 23.6 Å². The van der Waals surface area contributed by atoms with Crippen molar-refractivity contribution in [2.75, 3.05) is 31.5 Å². The van der Waals surface area contributed by atoms with Gasteiger partial charge < -0.3 is 14.8 Å². The van der Waals surface area contributed by atoms with Crippen molar-refractivity contribution in [2.45, 2.75) is 52.2 Å². The number of fused-ring (bicyclic) bond motifs is 1. The lowest BCUT2D eigenvalue weighted by molar-refractivity contribution is -0.132. The molecular weight excluding hydrogens is 422 g/mol. The van der Waals surface area contributed by atoms with Gasteiger partial charge >= 0.3 is 0 Å². The topological polar surface area (TPSA) is 53.4 Å². The first-order valence-corrected chi connectivity index (χ1v) is 12.5. The second-order valence-corrected chi connectivity index (χ2v) is 9.40. The molecule has 1 N–H and O–H groups in total. The van der Waals surface area contributed by atoms with Gasteiger partial charge in [0, 0.05) is 76.2 Å². The molecule has 0 unspecified atom stereocenters. The summed E-state index contributed by atoms with van der Waals surface area (Å²) in [5.41, 5.74) is 3.62. The Kier molecular flexibility index (Phi) is 8.36. The van der Waals surface area contributed by atoms with Crippen LogP contribution in [0, 0.1) is 0 Å². The molecule has 180 valence electrons. The van der Waals surface area contributed by atoms with E-state index in [4.69, 9.17) is 0 Å². The maximum absolute atomic E-state index is 13.5. The van der Waals surface area contributed by atoms with E-state index in [1.165, 1.54) is 11.1 Å². The number of rotatable bonds is 6. The summed E-state index contributed by atoms with van der Waals surface area (Å²) in [6, 6.07) is 19.0. The summed E-state index contributed by atoms with van der Waals surface area (Å²) in [6.07, 6.45) is 5.35. The van der Waals surface area contributed by atoms with E-state index in [1.807, 2.05) is 17.3 Å². The Morgan fingerprint density at radius 3 is 2.65 bits per heavy atom. The van der Waals surface area contributed by atoms with Gasteiger partial charge in [-0.2, -0.15) is 0 Å². The smallest absolute Gasteiger partial charge is 0.224 e. The van der Waals surface area contributed by atoms with Crippen molar-refractivity contribution in [3.8, 4) is 0 Å². The molecule has 0 aliphatic carbocycles. The fraction of sp³-hybridized carbons (Fsp3) is 0.429. The van der Waals surface area contributed by atoms with Crippen LogP contribution in [0.5, 0.6) is 0 Å². The summed E-state index contributed by atoms with van der Waals surface area (Å²) in [6.45, 7) is 9.99. The van der Waals surface area contributed by atoms with E-state index in [0.29, 0.717) is 25.4 Å². The van der Waals surface area contributed by atoms with Crippen molar-refractivity contribution in [3.63, 3.8) is 0 Å². The molecule has 2 heterocycles. The lowest BCUT2D eigenvalue weighted by atomic mass is 10.1. The average Bonchev–Trinajstić information content (AvgIpc) is 3.31. The van der Waals surface area contributed by atoms with E-state index in [9.17, 15) is 4.79 Å². The molecule has 6 heteroatoms. The zero-order chi connectivity index (χ0) is 23.8. The van der Waals surface area contributed by atoms with Crippen LogP contribution < -0.4 is 5.32 Å². The first-order chi connectivity index (χ1) is 16.6. The van der Waals surface area contributed by atoms with Crippen LogP contribution in [0.3, 0.4) is 0 Å². The van der Waals surface area contributed by atoms with Gasteiger partial charge in [0.15, 0.2) is 0 Å². The molecule has 3 aromatic rings. The summed E-state index contributed by atoms with van der Waals surface area (Å²) in [7, 11) is 0.